The highest BCUT2D eigenvalue weighted by Gasteiger charge is 2.15. The minimum absolute atomic E-state index is 0.142. The number of nitrogens with one attached hydrogen (secondary N) is 1. The zero-order valence-corrected chi connectivity index (χ0v) is 5.50. The maximum absolute atomic E-state index is 10.6. The molecule has 0 radical (unpaired) electrons. The summed E-state index contributed by atoms with van der Waals surface area (Å²) >= 11 is 0. The van der Waals surface area contributed by atoms with E-state index in [4.69, 9.17) is 10.5 Å². The van der Waals surface area contributed by atoms with Crippen LogP contribution in [0.3, 0.4) is 0 Å². The van der Waals surface area contributed by atoms with Crippen molar-refractivity contribution in [2.75, 3.05) is 0 Å². The molecule has 1 aliphatic rings. The van der Waals surface area contributed by atoms with Crippen LogP contribution in [0.4, 0.5) is 0 Å². The summed E-state index contributed by atoms with van der Waals surface area (Å²) in [5.74, 6) is -1.63. The van der Waals surface area contributed by atoms with Crippen LogP contribution in [0.5, 0.6) is 0 Å². The van der Waals surface area contributed by atoms with Gasteiger partial charge in [-0.05, 0) is 12.2 Å². The van der Waals surface area contributed by atoms with Crippen LogP contribution in [0.2, 0.25) is 0 Å². The van der Waals surface area contributed by atoms with E-state index in [1.807, 2.05) is 0 Å². The van der Waals surface area contributed by atoms with Gasteiger partial charge in [-0.3, -0.25) is 10.2 Å². The molecule has 1 aliphatic carbocycles. The summed E-state index contributed by atoms with van der Waals surface area (Å²) in [6.45, 7) is 0. The van der Waals surface area contributed by atoms with E-state index in [1.54, 1.807) is 0 Å². The van der Waals surface area contributed by atoms with E-state index in [0.29, 0.717) is 0 Å². The zero-order valence-electron chi connectivity index (χ0n) is 5.50. The second kappa shape index (κ2) is 2.49. The molecule has 0 saturated carbocycles. The molecule has 4 nitrogen and oxygen atoms in total. The molecule has 0 fully saturated rings. The van der Waals surface area contributed by atoms with E-state index >= 15 is 0 Å². The van der Waals surface area contributed by atoms with Crippen molar-refractivity contribution in [1.82, 2.24) is 0 Å². The Kier molecular flexibility index (Phi) is 1.68. The number of carbonyl (C=O) groups excluding carboxylic acids is 1. The highest BCUT2D eigenvalue weighted by molar-refractivity contribution is 6.29. The van der Waals surface area contributed by atoms with Crippen LogP contribution in [0.25, 0.3) is 0 Å². The molecule has 2 N–H and O–H groups in total. The van der Waals surface area contributed by atoms with E-state index in [9.17, 15) is 9.59 Å². The van der Waals surface area contributed by atoms with Gasteiger partial charge in [0.25, 0.3) is 0 Å². The summed E-state index contributed by atoms with van der Waals surface area (Å²) in [6.07, 6.45) is 3.27. The fourth-order valence-electron chi connectivity index (χ4n) is 0.700. The third kappa shape index (κ3) is 1.40. The van der Waals surface area contributed by atoms with Crippen LogP contribution >= 0.6 is 0 Å². The summed E-state index contributed by atoms with van der Waals surface area (Å²) in [7, 11) is 0. The Morgan fingerprint density at radius 3 is 2.55 bits per heavy atom. The molecule has 0 aromatic heterocycles. The van der Waals surface area contributed by atoms with Crippen molar-refractivity contribution in [2.45, 2.75) is 0 Å². The van der Waals surface area contributed by atoms with Gasteiger partial charge in [0.2, 0.25) is 0 Å². The summed E-state index contributed by atoms with van der Waals surface area (Å²) in [4.78, 5) is 20.9. The molecule has 0 unspecified atom stereocenters. The summed E-state index contributed by atoms with van der Waals surface area (Å²) in [5.41, 5.74) is -0.394. The first-order chi connectivity index (χ1) is 5.11. The number of aliphatic carboxylic acids is 1. The normalized spacial score (nSPS) is 16.5. The van der Waals surface area contributed by atoms with Crippen molar-refractivity contribution in [1.29, 1.82) is 5.41 Å². The van der Waals surface area contributed by atoms with Gasteiger partial charge < -0.3 is 5.11 Å². The maximum atomic E-state index is 10.6. The quantitative estimate of drug-likeness (QED) is 0.524. The molecule has 1 rings (SSSR count). The number of rotatable bonds is 1. The first kappa shape index (κ1) is 7.40. The first-order valence-electron chi connectivity index (χ1n) is 2.87. The van der Waals surface area contributed by atoms with Gasteiger partial charge in [-0.25, -0.2) is 4.79 Å². The average molecular weight is 151 g/mol. The molecule has 0 saturated heterocycles. The molecular formula is C7H5NO3. The third-order valence-electron chi connectivity index (χ3n) is 1.22. The highest BCUT2D eigenvalue weighted by Crippen LogP contribution is 2.04. The van der Waals surface area contributed by atoms with Crippen molar-refractivity contribution in [2.24, 2.45) is 0 Å². The lowest BCUT2D eigenvalue weighted by atomic mass is 10.0. The Bertz CT molecular complexity index is 299. The SMILES string of the molecule is N=C1C=CC(=O)C=C1C(=O)O. The van der Waals surface area contributed by atoms with Crippen molar-refractivity contribution in [3.8, 4) is 0 Å². The maximum Gasteiger partial charge on any atom is 0.338 e. The van der Waals surface area contributed by atoms with Crippen molar-refractivity contribution in [3.63, 3.8) is 0 Å². The number of hydrogen-bond donors (Lipinski definition) is 2. The molecule has 0 aromatic rings. The molecule has 0 amide bonds. The van der Waals surface area contributed by atoms with Crippen LogP contribution in [0.1, 0.15) is 0 Å². The minimum Gasteiger partial charge on any atom is -0.478 e. The van der Waals surface area contributed by atoms with Crippen LogP contribution < -0.4 is 0 Å². The second-order valence-electron chi connectivity index (χ2n) is 2.01. The number of carboxylic acids is 1. The molecule has 0 spiro atoms. The third-order valence-corrected chi connectivity index (χ3v) is 1.22. The van der Waals surface area contributed by atoms with Gasteiger partial charge >= 0.3 is 5.97 Å². The second-order valence-corrected chi connectivity index (χ2v) is 2.01. The molecule has 0 atom stereocenters. The molecule has 11 heavy (non-hydrogen) atoms. The average Bonchev–Trinajstić information content (AvgIpc) is 1.94. The largest absolute Gasteiger partial charge is 0.478 e. The Hall–Kier alpha value is -1.71. The lowest BCUT2D eigenvalue weighted by Gasteiger charge is -2.02. The van der Waals surface area contributed by atoms with E-state index < -0.39 is 11.8 Å². The van der Waals surface area contributed by atoms with Crippen molar-refractivity contribution >= 4 is 17.5 Å². The Morgan fingerprint density at radius 2 is 2.09 bits per heavy atom. The lowest BCUT2D eigenvalue weighted by Crippen LogP contribution is -2.14. The summed E-state index contributed by atoms with van der Waals surface area (Å²) < 4.78 is 0. The van der Waals surface area contributed by atoms with E-state index in [-0.39, 0.29) is 11.3 Å². The molecule has 4 heteroatoms. The number of ketones is 1. The van der Waals surface area contributed by atoms with Crippen molar-refractivity contribution < 1.29 is 14.7 Å². The van der Waals surface area contributed by atoms with E-state index in [2.05, 4.69) is 0 Å². The van der Waals surface area contributed by atoms with Gasteiger partial charge in [-0.2, -0.15) is 0 Å². The summed E-state index contributed by atoms with van der Waals surface area (Å²) in [5, 5.41) is 15.5. The van der Waals surface area contributed by atoms with E-state index in [0.717, 1.165) is 12.2 Å². The smallest absolute Gasteiger partial charge is 0.338 e. The van der Waals surface area contributed by atoms with Crippen LogP contribution in [0, 0.1) is 5.41 Å². The Balaban J connectivity index is 3.03. The predicted molar refractivity (Wildman–Crippen MR) is 37.6 cm³/mol. The minimum atomic E-state index is -1.24. The fraction of sp³-hybridized carbons (Fsp3) is 0. The van der Waals surface area contributed by atoms with Gasteiger partial charge in [-0.15, -0.1) is 0 Å². The summed E-state index contributed by atoms with van der Waals surface area (Å²) in [6, 6.07) is 0. The predicted octanol–water partition coefficient (Wildman–Crippen LogP) is 0.156. The topological polar surface area (TPSA) is 78.2 Å². The fourth-order valence-corrected chi connectivity index (χ4v) is 0.700. The number of hydrogen-bond acceptors (Lipinski definition) is 3. The molecule has 0 aromatic carbocycles. The van der Waals surface area contributed by atoms with E-state index in [1.165, 1.54) is 6.08 Å². The monoisotopic (exact) mass is 151 g/mol. The number of allylic oxidation sites excluding steroid dienone is 3. The van der Waals surface area contributed by atoms with Crippen LogP contribution in [-0.2, 0) is 9.59 Å². The molecule has 0 aliphatic heterocycles. The van der Waals surface area contributed by atoms with Gasteiger partial charge in [0.05, 0.1) is 11.3 Å². The zero-order chi connectivity index (χ0) is 8.43. The van der Waals surface area contributed by atoms with Crippen molar-refractivity contribution in [3.05, 3.63) is 23.8 Å². The molecular weight excluding hydrogens is 146 g/mol. The van der Waals surface area contributed by atoms with Gasteiger partial charge in [-0.1, -0.05) is 0 Å². The van der Waals surface area contributed by atoms with Gasteiger partial charge in [0.1, 0.15) is 0 Å². The highest BCUT2D eigenvalue weighted by atomic mass is 16.4. The van der Waals surface area contributed by atoms with Gasteiger partial charge in [0.15, 0.2) is 5.78 Å². The lowest BCUT2D eigenvalue weighted by molar-refractivity contribution is -0.132. The Labute approximate surface area is 62.3 Å². The molecule has 56 valence electrons. The first-order valence-corrected chi connectivity index (χ1v) is 2.87. The Morgan fingerprint density at radius 1 is 1.45 bits per heavy atom. The molecule has 0 heterocycles. The van der Waals surface area contributed by atoms with Crippen LogP contribution in [-0.4, -0.2) is 22.6 Å². The molecule has 0 bridgehead atoms. The number of carbonyl (C=O) groups is 2. The van der Waals surface area contributed by atoms with Gasteiger partial charge in [0, 0.05) is 6.08 Å². The van der Waals surface area contributed by atoms with Crippen LogP contribution in [0.15, 0.2) is 23.8 Å². The number of carboxylic acid groups (broad SMARTS) is 1. The standard InChI is InChI=1S/C7H5NO3/c8-6-2-1-4(9)3-5(6)7(10)11/h1-3,8H,(H,10,11).